The van der Waals surface area contributed by atoms with E-state index in [2.05, 4.69) is 21.3 Å². The lowest BCUT2D eigenvalue weighted by atomic mass is 9.98. The van der Waals surface area contributed by atoms with E-state index in [1.54, 1.807) is 55.4 Å². The van der Waals surface area contributed by atoms with Crippen molar-refractivity contribution in [3.63, 3.8) is 0 Å². The molecule has 29 nitrogen and oxygen atoms in total. The maximum atomic E-state index is 15.2. The molecule has 4 saturated heterocycles. The molecule has 0 saturated carbocycles. The summed E-state index contributed by atoms with van der Waals surface area (Å²) in [7, 11) is 5.56. The second-order valence-corrected chi connectivity index (χ2v) is 25.8. The number of hydrogen-bond acceptors (Lipinski definition) is 19. The highest BCUT2D eigenvalue weighted by atomic mass is 16.6. The quantitative estimate of drug-likeness (QED) is 0.100. The molecular formula is C62H87N13O16. The smallest absolute Gasteiger partial charge is 0.329 e. The molecule has 8 N–H and O–H groups in total. The van der Waals surface area contributed by atoms with E-state index >= 15 is 9.59 Å². The molecule has 5 heterocycles. The van der Waals surface area contributed by atoms with Crippen molar-refractivity contribution in [2.24, 2.45) is 23.7 Å². The number of nitrogens with zero attached hydrogens (tertiary/aromatic N) is 7. The zero-order chi connectivity index (χ0) is 67.8. The SMILES string of the molecule is Cc1c2oc3c(C)c(N)cc(C(=O)N[C@@H]4C(=O)N[C@H](C(C)C)C(=O)N5CCC[C@H]5C(=O)N(C)CC(=O)N(C)C(C(C)C)C(=O)O[C@@H]4C)c3nc-2c(C(=O)N[C@@H]2C(=O)N[C@H](C(C)C)C(=O)N3CCC[C@H]3C(=O)N(C)CC(=O)N(C)[C@@H](C(C)C)C(=O)O[C@@H]2C)c(N)c1=O. The Labute approximate surface area is 527 Å². The van der Waals surface area contributed by atoms with Gasteiger partial charge in [-0.25, -0.2) is 14.6 Å². The van der Waals surface area contributed by atoms with Gasteiger partial charge in [0, 0.05) is 58.1 Å². The van der Waals surface area contributed by atoms with Crippen LogP contribution < -0.4 is 38.2 Å². The number of cyclic esters (lactones) is 2. The van der Waals surface area contributed by atoms with Crippen LogP contribution in [0, 0.1) is 37.5 Å². The molecule has 29 heteroatoms. The Bertz CT molecular complexity index is 3470. The number of ether oxygens (including phenoxy) is 2. The number of nitrogens with two attached hydrogens (primary N) is 2. The average molecular weight is 1270 g/mol. The summed E-state index contributed by atoms with van der Waals surface area (Å²) >= 11 is 0. The highest BCUT2D eigenvalue weighted by Gasteiger charge is 2.47. The summed E-state index contributed by atoms with van der Waals surface area (Å²) in [6.07, 6.45) is -1.74. The van der Waals surface area contributed by atoms with E-state index in [-0.39, 0.29) is 59.6 Å². The number of nitrogen functional groups attached to an aromatic ring is 2. The molecule has 0 aromatic heterocycles. The third kappa shape index (κ3) is 13.9. The van der Waals surface area contributed by atoms with Gasteiger partial charge >= 0.3 is 11.9 Å². The van der Waals surface area contributed by atoms with Gasteiger partial charge in [-0.1, -0.05) is 55.4 Å². The summed E-state index contributed by atoms with van der Waals surface area (Å²) in [6, 6.07) is -9.67. The number of carbonyl (C=O) groups is 12. The topological polar surface area (TPSA) is 386 Å². The standard InChI is InChI=1S/C62H87N13O16/c1-26(2)42-59(85)74-21-17-19-36(74)57(83)70(13)24-38(76)72(15)48(28(5)6)61(87)89-32(11)44(55(81)66-42)68-53(79)34-23-35(63)30(9)51-46(34)65-47-40(41(64)50(78)31(10)52(47)91-51)54(80)69-45-33(12)90-62(88)49(29(7)8)73(16)39(77)25-71(14)58(84)37-20-18-22-75(37)60(86)43(27(3)4)67-56(45)82/h23,26-29,32-33,36-37,42-45,48-49H,17-22,24-25,63-64H2,1-16H3,(H,66,81)(H,67,82)(H,68,79)(H,69,80)/t32-,33-,36+,37+,42-,43-,44+,45+,48?,49+/m1/s1. The van der Waals surface area contributed by atoms with Crippen LogP contribution in [0.5, 0.6) is 0 Å². The fourth-order valence-corrected chi connectivity index (χ4v) is 12.4. The van der Waals surface area contributed by atoms with Gasteiger partial charge in [0.2, 0.25) is 52.7 Å². The Kier molecular flexibility index (Phi) is 21.1. The highest BCUT2D eigenvalue weighted by molar-refractivity contribution is 6.11. The van der Waals surface area contributed by atoms with Gasteiger partial charge < -0.3 is 76.0 Å². The molecule has 1 unspecified atom stereocenters. The van der Waals surface area contributed by atoms with E-state index in [1.165, 1.54) is 81.6 Å². The fraction of sp³-hybridized carbons (Fsp3) is 0.613. The molecule has 7 rings (SSSR count). The van der Waals surface area contributed by atoms with Crippen LogP contribution in [0.15, 0.2) is 15.3 Å². The van der Waals surface area contributed by atoms with Crippen molar-refractivity contribution in [2.75, 3.05) is 65.8 Å². The molecule has 5 aliphatic heterocycles. The van der Waals surface area contributed by atoms with Crippen LogP contribution >= 0.6 is 0 Å². The lowest BCUT2D eigenvalue weighted by Crippen LogP contribution is -2.61. The van der Waals surface area contributed by atoms with Crippen LogP contribution in [0.25, 0.3) is 22.6 Å². The Balaban J connectivity index is 1.34. The Hall–Kier alpha value is -8.92. The van der Waals surface area contributed by atoms with E-state index in [9.17, 15) is 52.7 Å². The van der Waals surface area contributed by atoms with Crippen LogP contribution in [-0.2, 0) is 57.4 Å². The number of amides is 10. The van der Waals surface area contributed by atoms with Gasteiger partial charge in [0.05, 0.1) is 29.9 Å². The molecule has 0 spiro atoms. The number of likely N-dealkylation sites (N-methyl/N-ethyl adjacent to an activating group) is 4. The fourth-order valence-electron chi connectivity index (χ4n) is 12.4. The summed E-state index contributed by atoms with van der Waals surface area (Å²) < 4.78 is 18.3. The number of anilines is 2. The van der Waals surface area contributed by atoms with Crippen LogP contribution in [0.1, 0.15) is 127 Å². The van der Waals surface area contributed by atoms with Gasteiger partial charge in [-0.2, -0.15) is 0 Å². The normalized spacial score (nSPS) is 26.1. The van der Waals surface area contributed by atoms with Crippen molar-refractivity contribution in [1.82, 2.24) is 55.7 Å². The molecule has 1 aromatic rings. The minimum absolute atomic E-state index is 0.0571. The first-order valence-corrected chi connectivity index (χ1v) is 30.7. The van der Waals surface area contributed by atoms with Crippen LogP contribution in [0.3, 0.4) is 0 Å². The van der Waals surface area contributed by atoms with Crippen molar-refractivity contribution in [2.45, 2.75) is 169 Å². The number of rotatable bonds is 8. The number of nitrogens with one attached hydrogen (secondary N) is 4. The van der Waals surface area contributed by atoms with Crippen LogP contribution in [-0.4, -0.2) is 220 Å². The molecule has 6 aliphatic rings. The number of hydrogen-bond donors (Lipinski definition) is 6. The molecule has 4 fully saturated rings. The largest absolute Gasteiger partial charge is 0.458 e. The molecule has 91 heavy (non-hydrogen) atoms. The summed E-state index contributed by atoms with van der Waals surface area (Å²) in [5.74, 6) is -12.7. The highest BCUT2D eigenvalue weighted by Crippen LogP contribution is 2.37. The Morgan fingerprint density at radius 1 is 0.604 bits per heavy atom. The van der Waals surface area contributed by atoms with Gasteiger partial charge in [-0.15, -0.1) is 0 Å². The van der Waals surface area contributed by atoms with Crippen molar-refractivity contribution in [3.8, 4) is 11.5 Å². The van der Waals surface area contributed by atoms with E-state index in [1.807, 2.05) is 0 Å². The Morgan fingerprint density at radius 3 is 1.43 bits per heavy atom. The molecule has 0 bridgehead atoms. The number of benzene rings is 2. The summed E-state index contributed by atoms with van der Waals surface area (Å²) in [6.45, 7) is 18.1. The minimum Gasteiger partial charge on any atom is -0.458 e. The monoisotopic (exact) mass is 1270 g/mol. The first-order chi connectivity index (χ1) is 42.5. The van der Waals surface area contributed by atoms with Crippen molar-refractivity contribution in [1.29, 1.82) is 0 Å². The van der Waals surface area contributed by atoms with Crippen molar-refractivity contribution < 1.29 is 71.4 Å². The summed E-state index contributed by atoms with van der Waals surface area (Å²) in [5, 5.41) is 10.6. The lowest BCUT2D eigenvalue weighted by molar-refractivity contribution is -0.163. The third-order valence-electron chi connectivity index (χ3n) is 17.7. The zero-order valence-electron chi connectivity index (χ0n) is 54.6. The van der Waals surface area contributed by atoms with Crippen molar-refractivity contribution >= 4 is 93.5 Å². The maximum Gasteiger partial charge on any atom is 0.329 e. The molecule has 0 radical (unpaired) electrons. The number of aromatic nitrogens is 1. The van der Waals surface area contributed by atoms with Gasteiger partial charge in [0.15, 0.2) is 11.3 Å². The van der Waals surface area contributed by atoms with Gasteiger partial charge in [0.25, 0.3) is 11.8 Å². The second-order valence-electron chi connectivity index (χ2n) is 25.8. The molecule has 10 atom stereocenters. The van der Waals surface area contributed by atoms with Crippen LogP contribution in [0.4, 0.5) is 11.4 Å². The molecule has 10 amide bonds. The van der Waals surface area contributed by atoms with Gasteiger partial charge in [0.1, 0.15) is 71.8 Å². The zero-order valence-corrected chi connectivity index (χ0v) is 54.6. The number of fused-ring (bicyclic) bond motifs is 4. The van der Waals surface area contributed by atoms with E-state index in [4.69, 9.17) is 30.3 Å². The number of carbonyl (C=O) groups excluding carboxylic acids is 12. The first-order valence-electron chi connectivity index (χ1n) is 30.7. The number of aryl methyl sites for hydroxylation is 1. The second kappa shape index (κ2) is 27.7. The molecular weight excluding hydrogens is 1180 g/mol. The minimum atomic E-state index is -1.90. The van der Waals surface area contributed by atoms with Gasteiger partial charge in [-0.3, -0.25) is 52.7 Å². The summed E-state index contributed by atoms with van der Waals surface area (Å²) in [5.41, 5.74) is 9.45. The van der Waals surface area contributed by atoms with E-state index in [0.29, 0.717) is 12.8 Å². The first kappa shape index (κ1) is 69.6. The molecule has 496 valence electrons. The van der Waals surface area contributed by atoms with E-state index < -0.39 is 196 Å². The summed E-state index contributed by atoms with van der Waals surface area (Å²) in [4.78, 5) is 200. The third-order valence-corrected chi connectivity index (χ3v) is 17.7. The molecule has 1 aromatic carbocycles. The van der Waals surface area contributed by atoms with E-state index in [0.717, 1.165) is 9.80 Å². The van der Waals surface area contributed by atoms with Gasteiger partial charge in [-0.05, 0) is 83.1 Å². The average Bonchev–Trinajstić information content (AvgIpc) is 1.33. The lowest BCUT2D eigenvalue weighted by Gasteiger charge is -2.36. The predicted octanol–water partition coefficient (Wildman–Crippen LogP) is 0.308. The predicted molar refractivity (Wildman–Crippen MR) is 330 cm³/mol. The maximum absolute atomic E-state index is 15.2. The number of esters is 2. The Morgan fingerprint density at radius 2 is 1.02 bits per heavy atom. The van der Waals surface area contributed by atoms with Crippen molar-refractivity contribution in [3.05, 3.63) is 38.5 Å². The molecule has 1 aliphatic carbocycles. The van der Waals surface area contributed by atoms with Crippen LogP contribution in [0.2, 0.25) is 0 Å².